The maximum atomic E-state index is 8.38. The molecule has 0 fully saturated rings. The highest BCUT2D eigenvalue weighted by atomic mass is 15.1. The molecule has 0 rings (SSSR count). The quantitative estimate of drug-likeness (QED) is 0.539. The molecule has 1 radical (unpaired) electrons. The van der Waals surface area contributed by atoms with Crippen LogP contribution in [0, 0.1) is 18.3 Å². The summed E-state index contributed by atoms with van der Waals surface area (Å²) in [7, 11) is 0. The van der Waals surface area contributed by atoms with Crippen LogP contribution in [0.3, 0.4) is 0 Å². The summed E-state index contributed by atoms with van der Waals surface area (Å²) in [6, 6.07) is 2.14. The maximum Gasteiger partial charge on any atom is 0.0865 e. The average molecular weight is 139 g/mol. The smallest absolute Gasteiger partial charge is 0.0865 e. The van der Waals surface area contributed by atoms with Gasteiger partial charge in [0.15, 0.2) is 0 Å². The van der Waals surface area contributed by atoms with Gasteiger partial charge in [0.25, 0.3) is 0 Å². The van der Waals surface area contributed by atoms with E-state index in [1.54, 1.807) is 0 Å². The van der Waals surface area contributed by atoms with E-state index in [9.17, 15) is 0 Å². The summed E-state index contributed by atoms with van der Waals surface area (Å²) in [6.45, 7) is 8.37. The van der Waals surface area contributed by atoms with Gasteiger partial charge in [-0.2, -0.15) is 5.26 Å². The van der Waals surface area contributed by atoms with Crippen molar-refractivity contribution in [3.05, 3.63) is 6.92 Å². The molecule has 0 aromatic heterocycles. The molecule has 0 bridgehead atoms. The zero-order chi connectivity index (χ0) is 7.82. The predicted octanol–water partition coefficient (Wildman–Crippen LogP) is 1.45. The molecule has 0 unspecified atom stereocenters. The molecule has 0 amide bonds. The summed E-state index contributed by atoms with van der Waals surface area (Å²) < 4.78 is 0. The summed E-state index contributed by atoms with van der Waals surface area (Å²) in [6.07, 6.45) is 2.00. The third-order valence-electron chi connectivity index (χ3n) is 1.31. The second kappa shape index (κ2) is 6.57. The van der Waals surface area contributed by atoms with Gasteiger partial charge in [-0.25, -0.2) is 0 Å². The fraction of sp³-hybridized carbons (Fsp3) is 0.750. The van der Waals surface area contributed by atoms with Crippen molar-refractivity contribution in [3.63, 3.8) is 0 Å². The molecule has 0 aromatic carbocycles. The minimum Gasteiger partial charge on any atom is -0.291 e. The Kier molecular flexibility index (Phi) is 6.21. The second-order valence-electron chi connectivity index (χ2n) is 2.29. The van der Waals surface area contributed by atoms with Crippen LogP contribution in [0.15, 0.2) is 0 Å². The van der Waals surface area contributed by atoms with Gasteiger partial charge in [0.2, 0.25) is 0 Å². The van der Waals surface area contributed by atoms with Crippen LogP contribution in [0.5, 0.6) is 0 Å². The lowest BCUT2D eigenvalue weighted by Gasteiger charge is -2.15. The van der Waals surface area contributed by atoms with E-state index in [1.165, 1.54) is 0 Å². The molecule has 0 N–H and O–H groups in total. The molecule has 0 heterocycles. The van der Waals surface area contributed by atoms with Crippen molar-refractivity contribution < 1.29 is 0 Å². The lowest BCUT2D eigenvalue weighted by atomic mass is 10.3. The van der Waals surface area contributed by atoms with Crippen LogP contribution in [0.4, 0.5) is 0 Å². The maximum absolute atomic E-state index is 8.38. The van der Waals surface area contributed by atoms with E-state index in [1.807, 2.05) is 0 Å². The molecule has 57 valence electrons. The van der Waals surface area contributed by atoms with Crippen molar-refractivity contribution in [1.29, 1.82) is 5.26 Å². The highest BCUT2D eigenvalue weighted by Crippen LogP contribution is 1.91. The Morgan fingerprint density at radius 2 is 2.20 bits per heavy atom. The van der Waals surface area contributed by atoms with Crippen LogP contribution in [-0.2, 0) is 0 Å². The minimum absolute atomic E-state index is 0.545. The minimum atomic E-state index is 0.545. The first-order valence-corrected chi connectivity index (χ1v) is 3.73. The fourth-order valence-corrected chi connectivity index (χ4v) is 0.910. The summed E-state index contributed by atoms with van der Waals surface area (Å²) in [5.41, 5.74) is 0. The Labute approximate surface area is 63.4 Å². The van der Waals surface area contributed by atoms with Crippen LogP contribution >= 0.6 is 0 Å². The summed E-state index contributed by atoms with van der Waals surface area (Å²) in [5.74, 6) is 0. The molecule has 0 aliphatic heterocycles. The molecule has 0 saturated heterocycles. The lowest BCUT2D eigenvalue weighted by molar-refractivity contribution is 0.312. The van der Waals surface area contributed by atoms with Gasteiger partial charge in [0, 0.05) is 0 Å². The normalized spacial score (nSPS) is 9.80. The second-order valence-corrected chi connectivity index (χ2v) is 2.29. The van der Waals surface area contributed by atoms with E-state index in [0.29, 0.717) is 6.54 Å². The van der Waals surface area contributed by atoms with Crippen LogP contribution in [-0.4, -0.2) is 24.5 Å². The largest absolute Gasteiger partial charge is 0.291 e. The van der Waals surface area contributed by atoms with Gasteiger partial charge in [0.1, 0.15) is 0 Å². The average Bonchev–Trinajstić information content (AvgIpc) is 1.90. The monoisotopic (exact) mass is 139 g/mol. The van der Waals surface area contributed by atoms with Crippen LogP contribution in [0.1, 0.15) is 19.8 Å². The topological polar surface area (TPSA) is 27.0 Å². The molecular formula is C8H15N2. The van der Waals surface area contributed by atoms with E-state index >= 15 is 0 Å². The highest BCUT2D eigenvalue weighted by molar-refractivity contribution is 4.76. The number of rotatable bonds is 5. The summed E-state index contributed by atoms with van der Waals surface area (Å²) in [4.78, 5) is 2.12. The molecule has 0 atom stereocenters. The Hall–Kier alpha value is -0.550. The fourth-order valence-electron chi connectivity index (χ4n) is 0.910. The van der Waals surface area contributed by atoms with Gasteiger partial charge in [0.05, 0.1) is 12.6 Å². The number of hydrogen-bond acceptors (Lipinski definition) is 2. The van der Waals surface area contributed by atoms with Crippen LogP contribution < -0.4 is 0 Å². The summed E-state index contributed by atoms with van der Waals surface area (Å²) in [5, 5.41) is 8.38. The Morgan fingerprint density at radius 1 is 1.50 bits per heavy atom. The molecule has 2 nitrogen and oxygen atoms in total. The number of nitrogens with zero attached hydrogens (tertiary/aromatic N) is 2. The van der Waals surface area contributed by atoms with Gasteiger partial charge in [-0.1, -0.05) is 13.8 Å². The molecular weight excluding hydrogens is 124 g/mol. The van der Waals surface area contributed by atoms with Crippen molar-refractivity contribution in [1.82, 2.24) is 4.90 Å². The van der Waals surface area contributed by atoms with Crippen LogP contribution in [0.2, 0.25) is 0 Å². The predicted molar refractivity (Wildman–Crippen MR) is 42.3 cm³/mol. The molecule has 0 saturated carbocycles. The zero-order valence-corrected chi connectivity index (χ0v) is 6.64. The third-order valence-corrected chi connectivity index (χ3v) is 1.31. The van der Waals surface area contributed by atoms with E-state index in [0.717, 1.165) is 25.9 Å². The molecule has 0 spiro atoms. The standard InChI is InChI=1S/C8H15N2/c1-3-6-10(7-4-2)8-5-9/h1,3-4,6-8H2,2H3. The zero-order valence-electron chi connectivity index (χ0n) is 6.64. The molecule has 2 heteroatoms. The Bertz CT molecular complexity index is 98.3. The van der Waals surface area contributed by atoms with Gasteiger partial charge in [-0.05, 0) is 25.9 Å². The van der Waals surface area contributed by atoms with Gasteiger partial charge in [-0.3, -0.25) is 4.90 Å². The van der Waals surface area contributed by atoms with E-state index in [4.69, 9.17) is 5.26 Å². The summed E-state index contributed by atoms with van der Waals surface area (Å²) >= 11 is 0. The van der Waals surface area contributed by atoms with Gasteiger partial charge >= 0.3 is 0 Å². The Morgan fingerprint density at radius 3 is 2.60 bits per heavy atom. The SMILES string of the molecule is [CH2]CCN(CC#N)CCC. The number of nitriles is 1. The van der Waals surface area contributed by atoms with Crippen LogP contribution in [0.25, 0.3) is 0 Å². The van der Waals surface area contributed by atoms with Crippen molar-refractivity contribution in [3.8, 4) is 6.07 Å². The van der Waals surface area contributed by atoms with Gasteiger partial charge in [-0.15, -0.1) is 0 Å². The first-order valence-electron chi connectivity index (χ1n) is 3.73. The van der Waals surface area contributed by atoms with E-state index < -0.39 is 0 Å². The Balaban J connectivity index is 3.42. The molecule has 0 aliphatic carbocycles. The molecule has 0 aromatic rings. The highest BCUT2D eigenvalue weighted by Gasteiger charge is 1.98. The third kappa shape index (κ3) is 4.34. The van der Waals surface area contributed by atoms with Crippen molar-refractivity contribution in [2.45, 2.75) is 19.8 Å². The van der Waals surface area contributed by atoms with Gasteiger partial charge < -0.3 is 0 Å². The van der Waals surface area contributed by atoms with E-state index in [-0.39, 0.29) is 0 Å². The van der Waals surface area contributed by atoms with Crippen molar-refractivity contribution in [2.75, 3.05) is 19.6 Å². The first kappa shape index (κ1) is 9.45. The van der Waals surface area contributed by atoms with Crippen molar-refractivity contribution >= 4 is 0 Å². The molecule has 10 heavy (non-hydrogen) atoms. The first-order chi connectivity index (χ1) is 4.85. The number of hydrogen-bond donors (Lipinski definition) is 0. The molecule has 0 aliphatic rings. The lowest BCUT2D eigenvalue weighted by Crippen LogP contribution is -2.25. The van der Waals surface area contributed by atoms with Crippen molar-refractivity contribution in [2.24, 2.45) is 0 Å². The van der Waals surface area contributed by atoms with E-state index in [2.05, 4.69) is 24.8 Å².